The van der Waals surface area contributed by atoms with E-state index in [0.717, 1.165) is 0 Å². The van der Waals surface area contributed by atoms with Gasteiger partial charge in [-0.25, -0.2) is 13.8 Å². The molecule has 0 radical (unpaired) electrons. The van der Waals surface area contributed by atoms with Crippen LogP contribution in [0.25, 0.3) is 0 Å². The first kappa shape index (κ1) is 9.58. The van der Waals surface area contributed by atoms with E-state index in [9.17, 15) is 8.78 Å². The molecule has 1 heterocycles. The lowest BCUT2D eigenvalue weighted by Crippen LogP contribution is -2.10. The van der Waals surface area contributed by atoms with Gasteiger partial charge in [-0.1, -0.05) is 0 Å². The Labute approximate surface area is 80.3 Å². The Morgan fingerprint density at radius 2 is 2.43 bits per heavy atom. The number of nitrogens with two attached hydrogens (primary N) is 1. The van der Waals surface area contributed by atoms with E-state index in [1.54, 1.807) is 0 Å². The highest BCUT2D eigenvalue weighted by Gasteiger charge is 2.42. The molecule has 1 fully saturated rings. The number of alkyl halides is 2. The van der Waals surface area contributed by atoms with Crippen molar-refractivity contribution in [3.05, 3.63) is 17.8 Å². The Morgan fingerprint density at radius 1 is 1.64 bits per heavy atom. The molecule has 0 spiro atoms. The van der Waals surface area contributed by atoms with Crippen molar-refractivity contribution in [3.63, 3.8) is 0 Å². The molecule has 0 aromatic carbocycles. The maximum atomic E-state index is 12.9. The summed E-state index contributed by atoms with van der Waals surface area (Å²) in [6.07, 6.45) is 1.51. The van der Waals surface area contributed by atoms with Gasteiger partial charge >= 0.3 is 0 Å². The van der Waals surface area contributed by atoms with Gasteiger partial charge in [-0.05, 0) is 6.42 Å². The van der Waals surface area contributed by atoms with E-state index in [-0.39, 0.29) is 25.3 Å². The minimum Gasteiger partial charge on any atom is -0.448 e. The molecule has 0 aliphatic heterocycles. The largest absolute Gasteiger partial charge is 0.448 e. The number of hydrogen-bond donors (Lipinski definition) is 1. The molecular weight excluding hydrogens is 190 g/mol. The molecule has 0 amide bonds. The first-order valence-electron chi connectivity index (χ1n) is 4.62. The van der Waals surface area contributed by atoms with Crippen LogP contribution in [0.5, 0.6) is 0 Å². The van der Waals surface area contributed by atoms with Crippen LogP contribution in [0.2, 0.25) is 0 Å². The van der Waals surface area contributed by atoms with Gasteiger partial charge < -0.3 is 10.2 Å². The number of halogens is 2. The van der Waals surface area contributed by atoms with Crippen molar-refractivity contribution in [3.8, 4) is 0 Å². The van der Waals surface area contributed by atoms with E-state index in [1.807, 2.05) is 0 Å². The zero-order valence-corrected chi connectivity index (χ0v) is 7.67. The quantitative estimate of drug-likeness (QED) is 0.798. The first-order chi connectivity index (χ1) is 6.62. The van der Waals surface area contributed by atoms with Gasteiger partial charge in [-0.2, -0.15) is 0 Å². The second-order valence-electron chi connectivity index (χ2n) is 3.66. The van der Waals surface area contributed by atoms with Crippen LogP contribution < -0.4 is 5.73 Å². The lowest BCUT2D eigenvalue weighted by Gasteiger charge is -2.08. The molecule has 0 bridgehead atoms. The van der Waals surface area contributed by atoms with Crippen molar-refractivity contribution < 1.29 is 13.2 Å². The molecule has 2 N–H and O–H groups in total. The summed E-state index contributed by atoms with van der Waals surface area (Å²) in [5, 5.41) is 0. The molecule has 3 nitrogen and oxygen atoms in total. The van der Waals surface area contributed by atoms with Crippen molar-refractivity contribution in [2.24, 2.45) is 5.73 Å². The van der Waals surface area contributed by atoms with Gasteiger partial charge in [0, 0.05) is 25.3 Å². The fourth-order valence-corrected chi connectivity index (χ4v) is 1.94. The van der Waals surface area contributed by atoms with Crippen LogP contribution in [-0.4, -0.2) is 10.9 Å². The second kappa shape index (κ2) is 3.31. The van der Waals surface area contributed by atoms with Crippen LogP contribution in [0.3, 0.4) is 0 Å². The van der Waals surface area contributed by atoms with E-state index in [0.29, 0.717) is 17.9 Å². The van der Waals surface area contributed by atoms with Gasteiger partial charge in [0.1, 0.15) is 5.76 Å². The molecule has 5 heteroatoms. The number of hydrogen-bond acceptors (Lipinski definition) is 3. The maximum Gasteiger partial charge on any atom is 0.248 e. The minimum atomic E-state index is -2.55. The van der Waals surface area contributed by atoms with E-state index in [1.165, 1.54) is 6.39 Å². The Hall–Kier alpha value is -0.970. The minimum absolute atomic E-state index is 0.0671. The number of oxazole rings is 1. The predicted molar refractivity (Wildman–Crippen MR) is 45.9 cm³/mol. The SMILES string of the molecule is NCc1ncoc1C1CCC(F)(F)C1. The van der Waals surface area contributed by atoms with Gasteiger partial charge in [-0.15, -0.1) is 0 Å². The fourth-order valence-electron chi connectivity index (χ4n) is 1.94. The molecule has 1 aliphatic rings. The van der Waals surface area contributed by atoms with E-state index in [2.05, 4.69) is 4.98 Å². The molecule has 14 heavy (non-hydrogen) atoms. The molecule has 1 atom stereocenters. The van der Waals surface area contributed by atoms with Gasteiger partial charge in [-0.3, -0.25) is 0 Å². The zero-order valence-electron chi connectivity index (χ0n) is 7.67. The van der Waals surface area contributed by atoms with Crippen LogP contribution in [0.4, 0.5) is 8.78 Å². The average molecular weight is 202 g/mol. The Kier molecular flexibility index (Phi) is 2.26. The van der Waals surface area contributed by atoms with Gasteiger partial charge in [0.25, 0.3) is 0 Å². The average Bonchev–Trinajstić information content (AvgIpc) is 2.70. The van der Waals surface area contributed by atoms with Crippen molar-refractivity contribution in [1.29, 1.82) is 0 Å². The highest BCUT2D eigenvalue weighted by atomic mass is 19.3. The maximum absolute atomic E-state index is 12.9. The summed E-state index contributed by atoms with van der Waals surface area (Å²) in [6, 6.07) is 0. The third kappa shape index (κ3) is 1.64. The summed E-state index contributed by atoms with van der Waals surface area (Å²) in [7, 11) is 0. The monoisotopic (exact) mass is 202 g/mol. The zero-order chi connectivity index (χ0) is 10.2. The van der Waals surface area contributed by atoms with Crippen LogP contribution in [0.1, 0.15) is 36.6 Å². The molecule has 1 aromatic rings. The van der Waals surface area contributed by atoms with Gasteiger partial charge in [0.05, 0.1) is 5.69 Å². The first-order valence-corrected chi connectivity index (χ1v) is 4.62. The summed E-state index contributed by atoms with van der Waals surface area (Å²) in [4.78, 5) is 3.89. The topological polar surface area (TPSA) is 52.0 Å². The van der Waals surface area contributed by atoms with Crippen molar-refractivity contribution >= 4 is 0 Å². The third-order valence-electron chi connectivity index (χ3n) is 2.64. The molecule has 1 saturated carbocycles. The van der Waals surface area contributed by atoms with Crippen LogP contribution >= 0.6 is 0 Å². The van der Waals surface area contributed by atoms with Gasteiger partial charge in [0.2, 0.25) is 5.92 Å². The summed E-state index contributed by atoms with van der Waals surface area (Å²) in [5.41, 5.74) is 6.02. The molecule has 1 unspecified atom stereocenters. The summed E-state index contributed by atoms with van der Waals surface area (Å²) in [5.74, 6) is -2.22. The lowest BCUT2D eigenvalue weighted by atomic mass is 10.0. The molecular formula is C9H12F2N2O. The van der Waals surface area contributed by atoms with Crippen LogP contribution in [-0.2, 0) is 6.54 Å². The number of rotatable bonds is 2. The molecule has 2 rings (SSSR count). The van der Waals surface area contributed by atoms with Gasteiger partial charge in [0.15, 0.2) is 6.39 Å². The van der Waals surface area contributed by atoms with E-state index >= 15 is 0 Å². The molecule has 1 aromatic heterocycles. The lowest BCUT2D eigenvalue weighted by molar-refractivity contribution is 0.00718. The van der Waals surface area contributed by atoms with Crippen LogP contribution in [0.15, 0.2) is 10.8 Å². The highest BCUT2D eigenvalue weighted by Crippen LogP contribution is 2.44. The number of nitrogens with zero attached hydrogens (tertiary/aromatic N) is 1. The fraction of sp³-hybridized carbons (Fsp3) is 0.667. The predicted octanol–water partition coefficient (Wildman–Crippen LogP) is 2.04. The summed E-state index contributed by atoms with van der Waals surface area (Å²) in [6.45, 7) is 0.244. The number of aromatic nitrogens is 1. The Balaban J connectivity index is 2.17. The van der Waals surface area contributed by atoms with Crippen molar-refractivity contribution in [2.45, 2.75) is 37.6 Å². The molecule has 0 saturated heterocycles. The summed E-state index contributed by atoms with van der Waals surface area (Å²) < 4.78 is 31.0. The molecule has 78 valence electrons. The van der Waals surface area contributed by atoms with E-state index < -0.39 is 5.92 Å². The smallest absolute Gasteiger partial charge is 0.248 e. The second-order valence-corrected chi connectivity index (χ2v) is 3.66. The standard InChI is InChI=1S/C9H12F2N2O/c10-9(11)2-1-6(3-9)8-7(4-12)13-5-14-8/h5-6H,1-4,12H2. The third-order valence-corrected chi connectivity index (χ3v) is 2.64. The van der Waals surface area contributed by atoms with Crippen LogP contribution in [0, 0.1) is 0 Å². The summed E-state index contributed by atoms with van der Waals surface area (Å²) >= 11 is 0. The Bertz CT molecular complexity index is 324. The Morgan fingerprint density at radius 3 is 3.00 bits per heavy atom. The highest BCUT2D eigenvalue weighted by molar-refractivity contribution is 5.15. The molecule has 1 aliphatic carbocycles. The van der Waals surface area contributed by atoms with Crippen molar-refractivity contribution in [1.82, 2.24) is 4.98 Å². The normalized spacial score (nSPS) is 25.5. The van der Waals surface area contributed by atoms with Crippen molar-refractivity contribution in [2.75, 3.05) is 0 Å². The van der Waals surface area contributed by atoms with E-state index in [4.69, 9.17) is 10.2 Å².